The van der Waals surface area contributed by atoms with Gasteiger partial charge >= 0.3 is 0 Å². The van der Waals surface area contributed by atoms with Gasteiger partial charge in [0.1, 0.15) is 5.82 Å². The summed E-state index contributed by atoms with van der Waals surface area (Å²) in [6.07, 6.45) is 5.50. The lowest BCUT2D eigenvalue weighted by atomic mass is 10.1. The van der Waals surface area contributed by atoms with Crippen LogP contribution in [0.4, 0.5) is 0 Å². The maximum absolute atomic E-state index is 4.43. The summed E-state index contributed by atoms with van der Waals surface area (Å²) in [5.41, 5.74) is 2.22. The van der Waals surface area contributed by atoms with Crippen LogP contribution in [0.1, 0.15) is 11.4 Å². The van der Waals surface area contributed by atoms with Crippen LogP contribution in [0.15, 0.2) is 48.9 Å². The molecule has 0 fully saturated rings. The third-order valence-corrected chi connectivity index (χ3v) is 2.82. The van der Waals surface area contributed by atoms with Crippen molar-refractivity contribution in [3.8, 4) is 0 Å². The number of hydrogen-bond donors (Lipinski definition) is 2. The van der Waals surface area contributed by atoms with E-state index in [1.807, 2.05) is 30.6 Å². The van der Waals surface area contributed by atoms with E-state index in [-0.39, 0.29) is 0 Å². The summed E-state index contributed by atoms with van der Waals surface area (Å²) < 4.78 is 0. The average Bonchev–Trinajstić information content (AvgIpc) is 2.92. The highest BCUT2D eigenvalue weighted by molar-refractivity contribution is 5.78. The Hall–Kier alpha value is -2.20. The van der Waals surface area contributed by atoms with Crippen LogP contribution in [0.25, 0.3) is 10.9 Å². The lowest BCUT2D eigenvalue weighted by molar-refractivity contribution is 0.668. The van der Waals surface area contributed by atoms with Gasteiger partial charge in [-0.2, -0.15) is 0 Å². The highest BCUT2D eigenvalue weighted by Crippen LogP contribution is 2.12. The van der Waals surface area contributed by atoms with Crippen molar-refractivity contribution in [2.75, 3.05) is 0 Å². The summed E-state index contributed by atoms with van der Waals surface area (Å²) in [6.45, 7) is 1.53. The number of nitrogens with one attached hydrogen (secondary N) is 2. The first kappa shape index (κ1) is 10.9. The number of aromatic amines is 1. The minimum atomic E-state index is 0.736. The van der Waals surface area contributed by atoms with Crippen molar-refractivity contribution in [1.82, 2.24) is 20.3 Å². The molecule has 2 aromatic heterocycles. The van der Waals surface area contributed by atoms with Crippen molar-refractivity contribution in [3.63, 3.8) is 0 Å². The molecule has 0 atom stereocenters. The highest BCUT2D eigenvalue weighted by atomic mass is 15.0. The molecule has 0 aliphatic carbocycles. The van der Waals surface area contributed by atoms with Crippen LogP contribution in [-0.2, 0) is 13.1 Å². The zero-order chi connectivity index (χ0) is 12.2. The third kappa shape index (κ3) is 2.38. The average molecular weight is 238 g/mol. The molecule has 18 heavy (non-hydrogen) atoms. The standard InChI is InChI=1S/C14H14N4/c1-2-4-13-12(3-1)7-11(9-18-13)8-15-10-14-16-5-6-17-14/h1-7,9,15H,8,10H2,(H,16,17). The largest absolute Gasteiger partial charge is 0.348 e. The van der Waals surface area contributed by atoms with Gasteiger partial charge in [0.05, 0.1) is 12.1 Å². The number of H-pyrrole nitrogens is 1. The zero-order valence-corrected chi connectivity index (χ0v) is 9.93. The van der Waals surface area contributed by atoms with Crippen molar-refractivity contribution in [1.29, 1.82) is 0 Å². The molecule has 3 aromatic rings. The van der Waals surface area contributed by atoms with Crippen LogP contribution < -0.4 is 5.32 Å². The molecule has 0 aliphatic heterocycles. The van der Waals surface area contributed by atoms with Gasteiger partial charge in [0, 0.05) is 30.5 Å². The number of hydrogen-bond acceptors (Lipinski definition) is 3. The van der Waals surface area contributed by atoms with Gasteiger partial charge in [0.15, 0.2) is 0 Å². The fourth-order valence-corrected chi connectivity index (χ4v) is 1.93. The van der Waals surface area contributed by atoms with Gasteiger partial charge in [-0.05, 0) is 17.7 Å². The number of pyridine rings is 1. The molecular formula is C14H14N4. The second-order valence-electron chi connectivity index (χ2n) is 4.18. The van der Waals surface area contributed by atoms with Crippen molar-refractivity contribution >= 4 is 10.9 Å². The first-order chi connectivity index (χ1) is 8.92. The Morgan fingerprint density at radius 2 is 2.06 bits per heavy atom. The summed E-state index contributed by atoms with van der Waals surface area (Å²) in [7, 11) is 0. The Balaban J connectivity index is 1.67. The van der Waals surface area contributed by atoms with Crippen molar-refractivity contribution in [3.05, 3.63) is 60.3 Å². The molecule has 3 rings (SSSR count). The molecule has 0 amide bonds. The van der Waals surface area contributed by atoms with Crippen LogP contribution in [-0.4, -0.2) is 15.0 Å². The quantitative estimate of drug-likeness (QED) is 0.733. The summed E-state index contributed by atoms with van der Waals surface area (Å²) in [5, 5.41) is 4.51. The van der Waals surface area contributed by atoms with Gasteiger partial charge in [-0.15, -0.1) is 0 Å². The summed E-state index contributed by atoms with van der Waals surface area (Å²) >= 11 is 0. The van der Waals surface area contributed by atoms with E-state index in [0.29, 0.717) is 0 Å². The van der Waals surface area contributed by atoms with E-state index < -0.39 is 0 Å². The fraction of sp³-hybridized carbons (Fsp3) is 0.143. The predicted octanol–water partition coefficient (Wildman–Crippen LogP) is 2.25. The Kier molecular flexibility index (Phi) is 3.02. The van der Waals surface area contributed by atoms with Gasteiger partial charge in [0.25, 0.3) is 0 Å². The van der Waals surface area contributed by atoms with Crippen molar-refractivity contribution < 1.29 is 0 Å². The number of para-hydroxylation sites is 1. The van der Waals surface area contributed by atoms with Crippen molar-refractivity contribution in [2.45, 2.75) is 13.1 Å². The molecule has 0 radical (unpaired) electrons. The molecule has 2 heterocycles. The lowest BCUT2D eigenvalue weighted by Crippen LogP contribution is -2.13. The topological polar surface area (TPSA) is 53.6 Å². The maximum atomic E-state index is 4.43. The molecule has 0 saturated carbocycles. The number of rotatable bonds is 4. The number of benzene rings is 1. The predicted molar refractivity (Wildman–Crippen MR) is 70.9 cm³/mol. The van der Waals surface area contributed by atoms with Crippen LogP contribution in [0.3, 0.4) is 0 Å². The Bertz CT molecular complexity index is 631. The number of aromatic nitrogens is 3. The Morgan fingerprint density at radius 1 is 1.11 bits per heavy atom. The fourth-order valence-electron chi connectivity index (χ4n) is 1.93. The van der Waals surface area contributed by atoms with E-state index in [1.54, 1.807) is 6.20 Å². The first-order valence-corrected chi connectivity index (χ1v) is 5.94. The molecular weight excluding hydrogens is 224 g/mol. The number of fused-ring (bicyclic) bond motifs is 1. The molecule has 0 bridgehead atoms. The highest BCUT2D eigenvalue weighted by Gasteiger charge is 1.98. The molecule has 4 heteroatoms. The zero-order valence-electron chi connectivity index (χ0n) is 9.93. The third-order valence-electron chi connectivity index (χ3n) is 2.82. The van der Waals surface area contributed by atoms with Gasteiger partial charge in [0.2, 0.25) is 0 Å². The van der Waals surface area contributed by atoms with E-state index in [4.69, 9.17) is 0 Å². The van der Waals surface area contributed by atoms with E-state index in [0.717, 1.165) is 24.4 Å². The van der Waals surface area contributed by atoms with Gasteiger partial charge in [-0.25, -0.2) is 4.98 Å². The van der Waals surface area contributed by atoms with E-state index in [2.05, 4.69) is 32.4 Å². The van der Waals surface area contributed by atoms with Crippen LogP contribution in [0.2, 0.25) is 0 Å². The Morgan fingerprint density at radius 3 is 2.94 bits per heavy atom. The van der Waals surface area contributed by atoms with Gasteiger partial charge in [-0.3, -0.25) is 4.98 Å². The normalized spacial score (nSPS) is 10.9. The Labute approximate surface area is 105 Å². The van der Waals surface area contributed by atoms with Crippen LogP contribution >= 0.6 is 0 Å². The summed E-state index contributed by atoms with van der Waals surface area (Å²) in [4.78, 5) is 11.7. The van der Waals surface area contributed by atoms with Crippen molar-refractivity contribution in [2.24, 2.45) is 0 Å². The monoisotopic (exact) mass is 238 g/mol. The first-order valence-electron chi connectivity index (χ1n) is 5.94. The second-order valence-corrected chi connectivity index (χ2v) is 4.18. The molecule has 1 aromatic carbocycles. The molecule has 0 spiro atoms. The van der Waals surface area contributed by atoms with Gasteiger partial charge in [-0.1, -0.05) is 18.2 Å². The molecule has 4 nitrogen and oxygen atoms in total. The van der Waals surface area contributed by atoms with E-state index in [9.17, 15) is 0 Å². The number of nitrogens with zero attached hydrogens (tertiary/aromatic N) is 2. The summed E-state index contributed by atoms with van der Waals surface area (Å²) in [6, 6.07) is 10.3. The smallest absolute Gasteiger partial charge is 0.120 e. The van der Waals surface area contributed by atoms with Gasteiger partial charge < -0.3 is 10.3 Å². The molecule has 2 N–H and O–H groups in total. The van der Waals surface area contributed by atoms with E-state index in [1.165, 1.54) is 10.9 Å². The summed E-state index contributed by atoms with van der Waals surface area (Å²) in [5.74, 6) is 0.948. The molecule has 0 aliphatic rings. The second kappa shape index (κ2) is 4.98. The molecule has 0 saturated heterocycles. The van der Waals surface area contributed by atoms with Crippen LogP contribution in [0, 0.1) is 0 Å². The lowest BCUT2D eigenvalue weighted by Gasteiger charge is -2.04. The van der Waals surface area contributed by atoms with Crippen LogP contribution in [0.5, 0.6) is 0 Å². The SMILES string of the molecule is c1ccc2ncc(CNCc3ncc[nH]3)cc2c1. The maximum Gasteiger partial charge on any atom is 0.120 e. The minimum Gasteiger partial charge on any atom is -0.348 e. The van der Waals surface area contributed by atoms with E-state index >= 15 is 0 Å². The molecule has 0 unspecified atom stereocenters. The minimum absolute atomic E-state index is 0.736. The number of imidazole rings is 1. The molecule has 90 valence electrons.